The van der Waals surface area contributed by atoms with E-state index in [0.29, 0.717) is 0 Å². The van der Waals surface area contributed by atoms with Crippen LogP contribution in [0.5, 0.6) is 5.75 Å². The van der Waals surface area contributed by atoms with Gasteiger partial charge in [0.1, 0.15) is 0 Å². The zero-order valence-corrected chi connectivity index (χ0v) is 6.42. The molecule has 0 aliphatic heterocycles. The third-order valence-corrected chi connectivity index (χ3v) is 1.50. The SMILES string of the molecule is O=c1[nH]c(CO)cc(C(F)F)c1O. The second-order valence-electron chi connectivity index (χ2n) is 2.39. The normalized spacial score (nSPS) is 10.8. The van der Waals surface area contributed by atoms with Crippen molar-refractivity contribution in [2.45, 2.75) is 13.0 Å². The summed E-state index contributed by atoms with van der Waals surface area (Å²) in [5.41, 5.74) is -1.85. The maximum Gasteiger partial charge on any atom is 0.290 e. The van der Waals surface area contributed by atoms with Crippen molar-refractivity contribution in [3.05, 3.63) is 27.7 Å². The molecule has 0 aliphatic carbocycles. The molecule has 13 heavy (non-hydrogen) atoms. The quantitative estimate of drug-likeness (QED) is 0.637. The van der Waals surface area contributed by atoms with Crippen molar-refractivity contribution < 1.29 is 19.0 Å². The minimum atomic E-state index is -2.94. The van der Waals surface area contributed by atoms with E-state index in [9.17, 15) is 13.6 Å². The molecule has 0 unspecified atom stereocenters. The molecule has 0 spiro atoms. The first kappa shape index (κ1) is 9.66. The van der Waals surface area contributed by atoms with Crippen LogP contribution >= 0.6 is 0 Å². The summed E-state index contributed by atoms with van der Waals surface area (Å²) in [5, 5.41) is 17.4. The number of rotatable bonds is 2. The topological polar surface area (TPSA) is 73.3 Å². The molecule has 0 saturated carbocycles. The number of aliphatic hydroxyl groups excluding tert-OH is 1. The number of aromatic hydroxyl groups is 1. The van der Waals surface area contributed by atoms with Crippen LogP contribution in [0.15, 0.2) is 10.9 Å². The highest BCUT2D eigenvalue weighted by molar-refractivity contribution is 5.32. The standard InChI is InChI=1S/C7H7F2NO3/c8-6(9)4-1-3(2-11)10-7(13)5(4)12/h1,6,11-12H,2H2,(H,10,13). The summed E-state index contributed by atoms with van der Waals surface area (Å²) in [6.45, 7) is -0.560. The first-order valence-corrected chi connectivity index (χ1v) is 3.40. The Bertz CT molecular complexity index is 361. The molecule has 0 bridgehead atoms. The summed E-state index contributed by atoms with van der Waals surface area (Å²) in [6.07, 6.45) is -2.94. The number of aromatic amines is 1. The van der Waals surface area contributed by atoms with Crippen LogP contribution in [0.1, 0.15) is 17.7 Å². The highest BCUT2D eigenvalue weighted by atomic mass is 19.3. The van der Waals surface area contributed by atoms with Gasteiger partial charge in [0.25, 0.3) is 12.0 Å². The fourth-order valence-corrected chi connectivity index (χ4v) is 0.880. The number of nitrogens with one attached hydrogen (secondary N) is 1. The van der Waals surface area contributed by atoms with E-state index >= 15 is 0 Å². The van der Waals surface area contributed by atoms with E-state index < -0.39 is 29.9 Å². The van der Waals surface area contributed by atoms with Crippen LogP contribution in [0.3, 0.4) is 0 Å². The fraction of sp³-hybridized carbons (Fsp3) is 0.286. The summed E-state index contributed by atoms with van der Waals surface area (Å²) in [7, 11) is 0. The zero-order valence-electron chi connectivity index (χ0n) is 6.42. The molecular weight excluding hydrogens is 184 g/mol. The van der Waals surface area contributed by atoms with Gasteiger partial charge in [-0.3, -0.25) is 4.79 Å². The van der Waals surface area contributed by atoms with Crippen LogP contribution < -0.4 is 5.56 Å². The number of H-pyrrole nitrogens is 1. The predicted octanol–water partition coefficient (Wildman–Crippen LogP) is 0.510. The van der Waals surface area contributed by atoms with Gasteiger partial charge >= 0.3 is 0 Å². The van der Waals surface area contributed by atoms with E-state index in [1.807, 2.05) is 4.98 Å². The van der Waals surface area contributed by atoms with E-state index in [-0.39, 0.29) is 5.69 Å². The Labute approximate surface area is 71.5 Å². The molecule has 0 atom stereocenters. The molecule has 1 aromatic heterocycles. The molecule has 0 aromatic carbocycles. The lowest BCUT2D eigenvalue weighted by molar-refractivity contribution is 0.146. The summed E-state index contributed by atoms with van der Waals surface area (Å²) >= 11 is 0. The highest BCUT2D eigenvalue weighted by Gasteiger charge is 2.16. The van der Waals surface area contributed by atoms with Crippen molar-refractivity contribution in [3.8, 4) is 5.75 Å². The van der Waals surface area contributed by atoms with Gasteiger partial charge in [-0.1, -0.05) is 0 Å². The third-order valence-electron chi connectivity index (χ3n) is 1.50. The molecule has 4 nitrogen and oxygen atoms in total. The van der Waals surface area contributed by atoms with E-state index in [0.717, 1.165) is 6.07 Å². The van der Waals surface area contributed by atoms with E-state index in [1.165, 1.54) is 0 Å². The van der Waals surface area contributed by atoms with Crippen LogP contribution in [0.25, 0.3) is 0 Å². The Kier molecular flexibility index (Phi) is 2.62. The van der Waals surface area contributed by atoms with Gasteiger partial charge in [-0.25, -0.2) is 8.78 Å². The molecule has 1 rings (SSSR count). The van der Waals surface area contributed by atoms with Crippen molar-refractivity contribution in [3.63, 3.8) is 0 Å². The maximum atomic E-state index is 12.1. The number of halogens is 2. The summed E-state index contributed by atoms with van der Waals surface area (Å²) in [4.78, 5) is 12.8. The molecule has 0 saturated heterocycles. The van der Waals surface area contributed by atoms with E-state index in [4.69, 9.17) is 10.2 Å². The molecular formula is C7H7F2NO3. The molecule has 1 aromatic rings. The number of pyridine rings is 1. The van der Waals surface area contributed by atoms with Gasteiger partial charge in [-0.2, -0.15) is 0 Å². The molecule has 1 heterocycles. The number of aliphatic hydroxyl groups is 1. The van der Waals surface area contributed by atoms with E-state index in [1.54, 1.807) is 0 Å². The van der Waals surface area contributed by atoms with Crippen molar-refractivity contribution in [2.75, 3.05) is 0 Å². The molecule has 72 valence electrons. The van der Waals surface area contributed by atoms with Gasteiger partial charge < -0.3 is 15.2 Å². The average molecular weight is 191 g/mol. The predicted molar refractivity (Wildman–Crippen MR) is 39.6 cm³/mol. The first-order chi connectivity index (χ1) is 6.06. The van der Waals surface area contributed by atoms with Crippen molar-refractivity contribution >= 4 is 0 Å². The lowest BCUT2D eigenvalue weighted by atomic mass is 10.2. The summed E-state index contributed by atoms with van der Waals surface area (Å²) in [6, 6.07) is 0.849. The van der Waals surface area contributed by atoms with Gasteiger partial charge in [0.15, 0.2) is 5.75 Å². The lowest BCUT2D eigenvalue weighted by Gasteiger charge is -2.03. The van der Waals surface area contributed by atoms with E-state index in [2.05, 4.69) is 0 Å². The smallest absolute Gasteiger partial charge is 0.290 e. The maximum absolute atomic E-state index is 12.1. The van der Waals surface area contributed by atoms with Gasteiger partial charge in [0.2, 0.25) is 0 Å². The Morgan fingerprint density at radius 1 is 1.54 bits per heavy atom. The number of hydrogen-bond donors (Lipinski definition) is 3. The minimum absolute atomic E-state index is 0.0573. The molecule has 6 heteroatoms. The summed E-state index contributed by atoms with van der Waals surface area (Å²) < 4.78 is 24.3. The Morgan fingerprint density at radius 3 is 2.62 bits per heavy atom. The Hall–Kier alpha value is -1.43. The monoisotopic (exact) mass is 191 g/mol. The van der Waals surface area contributed by atoms with Gasteiger partial charge in [0.05, 0.1) is 12.2 Å². The van der Waals surface area contributed by atoms with Crippen molar-refractivity contribution in [1.29, 1.82) is 0 Å². The van der Waals surface area contributed by atoms with Gasteiger partial charge in [0, 0.05) is 5.69 Å². The highest BCUT2D eigenvalue weighted by Crippen LogP contribution is 2.24. The summed E-state index contributed by atoms with van der Waals surface area (Å²) in [5.74, 6) is -1.01. The third kappa shape index (κ3) is 1.83. The number of alkyl halides is 2. The number of aromatic nitrogens is 1. The molecule has 0 amide bonds. The lowest BCUT2D eigenvalue weighted by Crippen LogP contribution is -2.11. The first-order valence-electron chi connectivity index (χ1n) is 3.40. The molecule has 0 radical (unpaired) electrons. The molecule has 0 aliphatic rings. The van der Waals surface area contributed by atoms with Crippen LogP contribution in [0.4, 0.5) is 8.78 Å². The molecule has 3 N–H and O–H groups in total. The largest absolute Gasteiger partial charge is 0.503 e. The number of hydrogen-bond acceptors (Lipinski definition) is 3. The van der Waals surface area contributed by atoms with Crippen molar-refractivity contribution in [1.82, 2.24) is 4.98 Å². The van der Waals surface area contributed by atoms with Gasteiger partial charge in [-0.15, -0.1) is 0 Å². The second kappa shape index (κ2) is 3.53. The average Bonchev–Trinajstić information content (AvgIpc) is 2.09. The molecule has 0 fully saturated rings. The van der Waals surface area contributed by atoms with Crippen LogP contribution in [-0.2, 0) is 6.61 Å². The Morgan fingerprint density at radius 2 is 2.15 bits per heavy atom. The minimum Gasteiger partial charge on any atom is -0.503 e. The van der Waals surface area contributed by atoms with Crippen LogP contribution in [-0.4, -0.2) is 15.2 Å². The fourth-order valence-electron chi connectivity index (χ4n) is 0.880. The second-order valence-corrected chi connectivity index (χ2v) is 2.39. The van der Waals surface area contributed by atoms with Crippen LogP contribution in [0, 0.1) is 0 Å². The zero-order chi connectivity index (χ0) is 10.0. The van der Waals surface area contributed by atoms with Crippen LogP contribution in [0.2, 0.25) is 0 Å². The van der Waals surface area contributed by atoms with Gasteiger partial charge in [-0.05, 0) is 6.07 Å². The Balaban J connectivity index is 3.33. The van der Waals surface area contributed by atoms with Crippen molar-refractivity contribution in [2.24, 2.45) is 0 Å².